The lowest BCUT2D eigenvalue weighted by molar-refractivity contribution is -0.394. The number of non-ortho nitro benzene ring substituents is 4. The van der Waals surface area contributed by atoms with Gasteiger partial charge in [-0.1, -0.05) is 22.7 Å². The van der Waals surface area contributed by atoms with E-state index in [9.17, 15) is 40.5 Å². The van der Waals surface area contributed by atoms with Crippen molar-refractivity contribution in [1.82, 2.24) is 20.4 Å². The number of nitrogens with two attached hydrogens (primary N) is 2. The summed E-state index contributed by atoms with van der Waals surface area (Å²) in [6.45, 7) is 0. The Morgan fingerprint density at radius 2 is 0.806 bits per heavy atom. The van der Waals surface area contributed by atoms with Crippen LogP contribution in [0, 0.1) is 40.5 Å². The topological polar surface area (TPSA) is 276 Å². The predicted molar refractivity (Wildman–Crippen MR) is 126 cm³/mol. The first kappa shape index (κ1) is 25.4. The third-order valence-corrected chi connectivity index (χ3v) is 5.63. The van der Waals surface area contributed by atoms with Crippen LogP contribution in [0.2, 0.25) is 0 Å². The number of benzene rings is 2. The molecule has 0 spiro atoms. The molecule has 4 N–H and O–H groups in total. The van der Waals surface area contributed by atoms with Crippen LogP contribution in [0.4, 0.5) is 33.0 Å². The van der Waals surface area contributed by atoms with E-state index in [-0.39, 0.29) is 44.1 Å². The zero-order chi connectivity index (χ0) is 26.6. The summed E-state index contributed by atoms with van der Waals surface area (Å²) in [5, 5.41) is 58.2. The second-order valence-corrected chi connectivity index (χ2v) is 8.41. The van der Waals surface area contributed by atoms with Crippen LogP contribution >= 0.6 is 22.7 Å². The van der Waals surface area contributed by atoms with E-state index < -0.39 is 19.7 Å². The fourth-order valence-corrected chi connectivity index (χ4v) is 3.76. The first-order valence-corrected chi connectivity index (χ1v) is 10.6. The maximum absolute atomic E-state index is 10.7. The third kappa shape index (κ3) is 6.00. The third-order valence-electron chi connectivity index (χ3n) is 4.02. The van der Waals surface area contributed by atoms with E-state index in [1.807, 2.05) is 0 Å². The van der Waals surface area contributed by atoms with Gasteiger partial charge in [-0.2, -0.15) is 0 Å². The van der Waals surface area contributed by atoms with Gasteiger partial charge in [0.15, 0.2) is 0 Å². The standard InChI is InChI=1S/2C8H5N5O4S/c2*9-8-11-10-7(18-8)4-1-5(12(14)15)3-6(2-4)13(16)17/h2*1-3H,(H2,9,11). The first-order valence-electron chi connectivity index (χ1n) is 9.01. The minimum Gasteiger partial charge on any atom is -0.374 e. The Balaban J connectivity index is 0.000000201. The molecule has 0 fully saturated rings. The van der Waals surface area contributed by atoms with Gasteiger partial charge in [0.1, 0.15) is 10.0 Å². The lowest BCUT2D eigenvalue weighted by atomic mass is 10.2. The molecule has 2 aromatic carbocycles. The van der Waals surface area contributed by atoms with Gasteiger partial charge in [-0.15, -0.1) is 20.4 Å². The Morgan fingerprint density at radius 1 is 0.528 bits per heavy atom. The van der Waals surface area contributed by atoms with Gasteiger partial charge in [0.25, 0.3) is 22.7 Å². The van der Waals surface area contributed by atoms with Crippen molar-refractivity contribution in [2.75, 3.05) is 11.5 Å². The molecule has 2 heterocycles. The first-order chi connectivity index (χ1) is 16.9. The Hall–Kier alpha value is -5.24. The number of nitrogen functional groups attached to an aromatic ring is 2. The number of hydrogen-bond donors (Lipinski definition) is 2. The summed E-state index contributed by atoms with van der Waals surface area (Å²) < 4.78 is 0. The van der Waals surface area contributed by atoms with Crippen molar-refractivity contribution in [3.05, 3.63) is 76.9 Å². The summed E-state index contributed by atoms with van der Waals surface area (Å²) in [4.78, 5) is 39.9. The summed E-state index contributed by atoms with van der Waals surface area (Å²) in [5.74, 6) is 0. The van der Waals surface area contributed by atoms with Gasteiger partial charge < -0.3 is 11.5 Å². The average Bonchev–Trinajstić information content (AvgIpc) is 3.47. The molecule has 36 heavy (non-hydrogen) atoms. The van der Waals surface area contributed by atoms with Gasteiger partial charge in [0, 0.05) is 35.4 Å². The Morgan fingerprint density at radius 3 is 1.00 bits per heavy atom. The van der Waals surface area contributed by atoms with E-state index in [2.05, 4.69) is 20.4 Å². The quantitative estimate of drug-likeness (QED) is 0.265. The van der Waals surface area contributed by atoms with E-state index >= 15 is 0 Å². The number of anilines is 2. The second-order valence-electron chi connectivity index (χ2n) is 6.40. The molecule has 0 saturated heterocycles. The zero-order valence-corrected chi connectivity index (χ0v) is 18.9. The van der Waals surface area contributed by atoms with Crippen molar-refractivity contribution in [2.45, 2.75) is 0 Å². The molecule has 18 nitrogen and oxygen atoms in total. The Labute approximate surface area is 205 Å². The van der Waals surface area contributed by atoms with Crippen molar-refractivity contribution >= 4 is 55.7 Å². The van der Waals surface area contributed by atoms with E-state index in [1.54, 1.807) is 0 Å². The zero-order valence-electron chi connectivity index (χ0n) is 17.3. The number of nitro benzene ring substituents is 4. The van der Waals surface area contributed by atoms with Crippen LogP contribution in [-0.2, 0) is 0 Å². The molecule has 2 aromatic heterocycles. The molecule has 0 bridgehead atoms. The van der Waals surface area contributed by atoms with Crippen LogP contribution in [0.3, 0.4) is 0 Å². The van der Waals surface area contributed by atoms with Gasteiger partial charge >= 0.3 is 0 Å². The average molecular weight is 534 g/mol. The summed E-state index contributed by atoms with van der Waals surface area (Å²) in [5.41, 5.74) is 9.73. The van der Waals surface area contributed by atoms with Crippen molar-refractivity contribution in [3.63, 3.8) is 0 Å². The van der Waals surface area contributed by atoms with E-state index in [1.165, 1.54) is 24.3 Å². The molecule has 4 aromatic rings. The molecule has 184 valence electrons. The Kier molecular flexibility index (Phi) is 7.30. The maximum atomic E-state index is 10.7. The molecule has 0 atom stereocenters. The van der Waals surface area contributed by atoms with Crippen molar-refractivity contribution in [3.8, 4) is 21.1 Å². The SMILES string of the molecule is Nc1nnc(-c2cc([N+](=O)[O-])cc([N+](=O)[O-])c2)s1.Nc1nnc(-c2cc([N+](=O)[O-])cc([N+](=O)[O-])c2)s1. The predicted octanol–water partition coefficient (Wildman–Crippen LogP) is 3.21. The highest BCUT2D eigenvalue weighted by Crippen LogP contribution is 2.33. The van der Waals surface area contributed by atoms with Crippen LogP contribution in [0.25, 0.3) is 21.1 Å². The molecule has 0 aliphatic rings. The fourth-order valence-electron chi connectivity index (χ4n) is 2.56. The molecule has 20 heteroatoms. The second kappa shape index (κ2) is 10.4. The minimum atomic E-state index is -0.707. The number of nitro groups is 4. The molecule has 0 amide bonds. The van der Waals surface area contributed by atoms with Crippen molar-refractivity contribution in [1.29, 1.82) is 0 Å². The smallest absolute Gasteiger partial charge is 0.277 e. The number of nitrogens with zero attached hydrogens (tertiary/aromatic N) is 8. The number of rotatable bonds is 6. The molecule has 4 rings (SSSR count). The molecule has 0 unspecified atom stereocenters. The fraction of sp³-hybridized carbons (Fsp3) is 0. The summed E-state index contributed by atoms with van der Waals surface area (Å²) in [6, 6.07) is 6.52. The van der Waals surface area contributed by atoms with Crippen molar-refractivity contribution in [2.24, 2.45) is 0 Å². The molecule has 0 aliphatic carbocycles. The summed E-state index contributed by atoms with van der Waals surface area (Å²) in [7, 11) is 0. The minimum absolute atomic E-state index is 0.180. The van der Waals surface area contributed by atoms with Crippen LogP contribution in [-0.4, -0.2) is 40.1 Å². The monoisotopic (exact) mass is 534 g/mol. The molecular formula is C16H10N10O8S2. The van der Waals surface area contributed by atoms with Crippen molar-refractivity contribution < 1.29 is 19.7 Å². The van der Waals surface area contributed by atoms with Gasteiger partial charge in [-0.25, -0.2) is 0 Å². The van der Waals surface area contributed by atoms with Gasteiger partial charge in [-0.05, 0) is 0 Å². The lowest BCUT2D eigenvalue weighted by Crippen LogP contribution is -1.93. The van der Waals surface area contributed by atoms with Gasteiger partial charge in [-0.3, -0.25) is 40.5 Å². The van der Waals surface area contributed by atoms with Crippen LogP contribution in [0.5, 0.6) is 0 Å². The molecule has 0 aliphatic heterocycles. The molecular weight excluding hydrogens is 524 g/mol. The molecule has 0 saturated carbocycles. The summed E-state index contributed by atoms with van der Waals surface area (Å²) >= 11 is 1.98. The van der Waals surface area contributed by atoms with E-state index in [0.29, 0.717) is 10.0 Å². The van der Waals surface area contributed by atoms with Gasteiger partial charge in [0.2, 0.25) is 10.3 Å². The normalized spacial score (nSPS) is 10.2. The Bertz CT molecular complexity index is 1330. The lowest BCUT2D eigenvalue weighted by Gasteiger charge is -1.97. The highest BCUT2D eigenvalue weighted by atomic mass is 32.1. The highest BCUT2D eigenvalue weighted by molar-refractivity contribution is 7.18. The molecule has 0 radical (unpaired) electrons. The maximum Gasteiger partial charge on any atom is 0.277 e. The van der Waals surface area contributed by atoms with Crippen LogP contribution in [0.15, 0.2) is 36.4 Å². The van der Waals surface area contributed by atoms with Gasteiger partial charge in [0.05, 0.1) is 31.8 Å². The van der Waals surface area contributed by atoms with E-state index in [4.69, 9.17) is 11.5 Å². The van der Waals surface area contributed by atoms with E-state index in [0.717, 1.165) is 34.8 Å². The summed E-state index contributed by atoms with van der Waals surface area (Å²) in [6.07, 6.45) is 0. The van der Waals surface area contributed by atoms with Crippen LogP contribution < -0.4 is 11.5 Å². The highest BCUT2D eigenvalue weighted by Gasteiger charge is 2.20. The number of aromatic nitrogens is 4. The van der Waals surface area contributed by atoms with Crippen LogP contribution in [0.1, 0.15) is 0 Å². The number of hydrogen-bond acceptors (Lipinski definition) is 16. The largest absolute Gasteiger partial charge is 0.374 e.